The number of hydrogen-bond acceptors (Lipinski definition) is 3. The number of aliphatic imine (C=N–C) groups is 1. The van der Waals surface area contributed by atoms with E-state index in [1.165, 1.54) is 0 Å². The zero-order valence-electron chi connectivity index (χ0n) is 16.3. The second-order valence-electron chi connectivity index (χ2n) is 6.59. The lowest BCUT2D eigenvalue weighted by Crippen LogP contribution is -2.38. The minimum absolute atomic E-state index is 0.0917. The number of rotatable bonds is 7. The molecule has 1 aromatic heterocycles. The van der Waals surface area contributed by atoms with Gasteiger partial charge in [0, 0.05) is 25.5 Å². The molecule has 6 heteroatoms. The fourth-order valence-electron chi connectivity index (χ4n) is 2.98. The maximum atomic E-state index is 9.58. The van der Waals surface area contributed by atoms with Gasteiger partial charge in [0.15, 0.2) is 5.96 Å². The lowest BCUT2D eigenvalue weighted by molar-refractivity contribution is 0.474. The molecule has 0 aliphatic carbocycles. The summed E-state index contributed by atoms with van der Waals surface area (Å²) in [5.41, 5.74) is 3.26. The van der Waals surface area contributed by atoms with E-state index in [9.17, 15) is 5.11 Å². The number of nitrogens with one attached hydrogen (secondary N) is 2. The zero-order chi connectivity index (χ0) is 19.8. The Morgan fingerprint density at radius 1 is 1.18 bits per heavy atom. The molecule has 146 valence electrons. The van der Waals surface area contributed by atoms with Crippen molar-refractivity contribution in [2.24, 2.45) is 4.99 Å². The highest BCUT2D eigenvalue weighted by molar-refractivity contribution is 5.80. The number of benzene rings is 2. The first-order chi connectivity index (χ1) is 13.7. The molecule has 0 saturated heterocycles. The number of aromatic hydroxyl groups is 1. The zero-order valence-corrected chi connectivity index (χ0v) is 16.3. The van der Waals surface area contributed by atoms with Gasteiger partial charge >= 0.3 is 0 Å². The van der Waals surface area contributed by atoms with Crippen molar-refractivity contribution in [2.75, 3.05) is 13.1 Å². The predicted molar refractivity (Wildman–Crippen MR) is 113 cm³/mol. The quantitative estimate of drug-likeness (QED) is 0.436. The molecule has 0 saturated carbocycles. The minimum atomic E-state index is 0.0917. The van der Waals surface area contributed by atoms with E-state index in [1.54, 1.807) is 18.3 Å². The van der Waals surface area contributed by atoms with Crippen molar-refractivity contribution >= 4 is 5.96 Å². The van der Waals surface area contributed by atoms with E-state index in [1.807, 2.05) is 41.2 Å². The molecule has 2 aromatic carbocycles. The fourth-order valence-corrected chi connectivity index (χ4v) is 2.98. The van der Waals surface area contributed by atoms with Crippen LogP contribution in [0.3, 0.4) is 0 Å². The number of aromatic nitrogens is 2. The van der Waals surface area contributed by atoms with Crippen molar-refractivity contribution < 1.29 is 5.11 Å². The Bertz CT molecular complexity index is 905. The Morgan fingerprint density at radius 2 is 2.04 bits per heavy atom. The maximum Gasteiger partial charge on any atom is 0.191 e. The Kier molecular flexibility index (Phi) is 6.68. The highest BCUT2D eigenvalue weighted by Gasteiger charge is 2.09. The minimum Gasteiger partial charge on any atom is -0.508 e. The molecule has 6 nitrogen and oxygen atoms in total. The van der Waals surface area contributed by atoms with Crippen molar-refractivity contribution in [3.63, 3.8) is 0 Å². The van der Waals surface area contributed by atoms with Gasteiger partial charge < -0.3 is 15.7 Å². The van der Waals surface area contributed by atoms with E-state index in [-0.39, 0.29) is 11.8 Å². The van der Waals surface area contributed by atoms with Crippen LogP contribution in [-0.2, 0) is 6.42 Å². The summed E-state index contributed by atoms with van der Waals surface area (Å²) in [6, 6.07) is 17.6. The van der Waals surface area contributed by atoms with Crippen LogP contribution in [0.5, 0.6) is 5.75 Å². The lowest BCUT2D eigenvalue weighted by Gasteiger charge is -2.19. The Morgan fingerprint density at radius 3 is 2.79 bits per heavy atom. The summed E-state index contributed by atoms with van der Waals surface area (Å²) in [7, 11) is 0. The highest BCUT2D eigenvalue weighted by Crippen LogP contribution is 2.16. The molecule has 0 aliphatic heterocycles. The van der Waals surface area contributed by atoms with E-state index in [4.69, 9.17) is 0 Å². The van der Waals surface area contributed by atoms with Gasteiger partial charge in [0.2, 0.25) is 0 Å². The van der Waals surface area contributed by atoms with Crippen molar-refractivity contribution in [3.8, 4) is 11.4 Å². The summed E-state index contributed by atoms with van der Waals surface area (Å²) in [6.45, 7) is 5.59. The molecule has 28 heavy (non-hydrogen) atoms. The molecule has 3 aromatic rings. The normalized spacial score (nSPS) is 12.6. The topological polar surface area (TPSA) is 74.5 Å². The average Bonchev–Trinajstić information content (AvgIpc) is 3.23. The van der Waals surface area contributed by atoms with Crippen LogP contribution in [-0.4, -0.2) is 33.9 Å². The molecule has 3 rings (SSSR count). The first-order valence-corrected chi connectivity index (χ1v) is 9.58. The van der Waals surface area contributed by atoms with Gasteiger partial charge in [0.1, 0.15) is 5.75 Å². The summed E-state index contributed by atoms with van der Waals surface area (Å²) in [5.74, 6) is 1.07. The molecule has 1 unspecified atom stereocenters. The van der Waals surface area contributed by atoms with E-state index >= 15 is 0 Å². The van der Waals surface area contributed by atoms with Crippen LogP contribution in [0, 0.1) is 0 Å². The molecule has 0 fully saturated rings. The van der Waals surface area contributed by atoms with E-state index < -0.39 is 0 Å². The maximum absolute atomic E-state index is 9.58. The van der Waals surface area contributed by atoms with Gasteiger partial charge in [-0.15, -0.1) is 0 Å². The van der Waals surface area contributed by atoms with Crippen LogP contribution in [0.15, 0.2) is 72.0 Å². The van der Waals surface area contributed by atoms with Gasteiger partial charge in [-0.25, -0.2) is 4.68 Å². The predicted octanol–water partition coefficient (Wildman–Crippen LogP) is 3.44. The first-order valence-electron chi connectivity index (χ1n) is 9.58. The molecule has 0 spiro atoms. The van der Waals surface area contributed by atoms with Crippen molar-refractivity contribution in [2.45, 2.75) is 26.3 Å². The third kappa shape index (κ3) is 5.36. The average molecular weight is 377 g/mol. The molecule has 3 N–H and O–H groups in total. The van der Waals surface area contributed by atoms with E-state index in [0.29, 0.717) is 6.54 Å². The van der Waals surface area contributed by atoms with Crippen LogP contribution >= 0.6 is 0 Å². The molecule has 0 amide bonds. The number of nitrogens with zero attached hydrogens (tertiary/aromatic N) is 3. The Labute approximate surface area is 165 Å². The van der Waals surface area contributed by atoms with Gasteiger partial charge in [-0.2, -0.15) is 5.10 Å². The largest absolute Gasteiger partial charge is 0.508 e. The van der Waals surface area contributed by atoms with Gasteiger partial charge in [-0.05, 0) is 61.7 Å². The summed E-state index contributed by atoms with van der Waals surface area (Å²) >= 11 is 0. The second-order valence-corrected chi connectivity index (χ2v) is 6.59. The van der Waals surface area contributed by atoms with Crippen LogP contribution in [0.1, 0.15) is 31.0 Å². The van der Waals surface area contributed by atoms with Crippen LogP contribution in [0.4, 0.5) is 0 Å². The van der Waals surface area contributed by atoms with E-state index in [2.05, 4.69) is 46.7 Å². The Balaban J connectivity index is 1.65. The summed E-state index contributed by atoms with van der Waals surface area (Å²) in [4.78, 5) is 4.67. The van der Waals surface area contributed by atoms with E-state index in [0.717, 1.165) is 35.7 Å². The van der Waals surface area contributed by atoms with Gasteiger partial charge in [-0.3, -0.25) is 4.99 Å². The third-order valence-electron chi connectivity index (χ3n) is 4.42. The van der Waals surface area contributed by atoms with Gasteiger partial charge in [-0.1, -0.05) is 24.3 Å². The first kappa shape index (κ1) is 19.5. The molecule has 1 heterocycles. The molecular formula is C22H27N5O. The number of phenolic OH excluding ortho intramolecular Hbond substituents is 1. The molecule has 1 atom stereocenters. The van der Waals surface area contributed by atoms with Gasteiger partial charge in [0.05, 0.1) is 11.7 Å². The van der Waals surface area contributed by atoms with Crippen LogP contribution in [0.25, 0.3) is 5.69 Å². The SMILES string of the molecule is CCNC(=NCCc1cccc(O)c1)NC(C)c1cccc(-n2cccn2)c1. The van der Waals surface area contributed by atoms with Gasteiger partial charge in [0.25, 0.3) is 0 Å². The monoisotopic (exact) mass is 377 g/mol. The summed E-state index contributed by atoms with van der Waals surface area (Å²) in [6.07, 6.45) is 4.48. The second kappa shape index (κ2) is 9.60. The molecule has 0 radical (unpaired) electrons. The van der Waals surface area contributed by atoms with Crippen molar-refractivity contribution in [1.82, 2.24) is 20.4 Å². The number of guanidine groups is 1. The van der Waals surface area contributed by atoms with Crippen molar-refractivity contribution in [3.05, 3.63) is 78.1 Å². The number of phenols is 1. The van der Waals surface area contributed by atoms with Crippen LogP contribution in [0.2, 0.25) is 0 Å². The fraction of sp³-hybridized carbons (Fsp3) is 0.273. The molecule has 0 aliphatic rings. The summed E-state index contributed by atoms with van der Waals surface area (Å²) in [5, 5.41) is 20.6. The van der Waals surface area contributed by atoms with Crippen LogP contribution < -0.4 is 10.6 Å². The molecular weight excluding hydrogens is 350 g/mol. The number of hydrogen-bond donors (Lipinski definition) is 3. The lowest BCUT2D eigenvalue weighted by atomic mass is 10.1. The highest BCUT2D eigenvalue weighted by atomic mass is 16.3. The standard InChI is InChI=1S/C22H27N5O/c1-3-23-22(24-13-11-18-7-4-10-21(28)15-18)26-17(2)19-8-5-9-20(16-19)27-14-6-12-25-27/h4-10,12,14-17,28H,3,11,13H2,1-2H3,(H2,23,24,26). The molecule has 0 bridgehead atoms. The smallest absolute Gasteiger partial charge is 0.191 e. The van der Waals surface area contributed by atoms with Crippen molar-refractivity contribution in [1.29, 1.82) is 0 Å². The Hall–Kier alpha value is -3.28. The summed E-state index contributed by atoms with van der Waals surface area (Å²) < 4.78 is 1.85. The third-order valence-corrected chi connectivity index (χ3v) is 4.42.